The van der Waals surface area contributed by atoms with Gasteiger partial charge < -0.3 is 30.6 Å². The van der Waals surface area contributed by atoms with E-state index in [2.05, 4.69) is 44.5 Å². The molecule has 0 unspecified atom stereocenters. The van der Waals surface area contributed by atoms with Gasteiger partial charge in [-0.25, -0.2) is 19.7 Å². The number of hydrogen-bond acceptors (Lipinski definition) is 9. The van der Waals surface area contributed by atoms with Gasteiger partial charge in [-0.05, 0) is 17.5 Å². The van der Waals surface area contributed by atoms with E-state index in [1.165, 1.54) is 13.4 Å². The topological polar surface area (TPSA) is 148 Å². The third kappa shape index (κ3) is 5.14. The molecule has 0 radical (unpaired) electrons. The minimum Gasteiger partial charge on any atom is -0.463 e. The highest BCUT2D eigenvalue weighted by atomic mass is 35.5. The number of methoxy groups -OCH3 is 1. The van der Waals surface area contributed by atoms with Crippen molar-refractivity contribution in [3.63, 3.8) is 0 Å². The standard InChI is InChI=1S/C26H28N6O4.ClH/c1-36-26(35)24-30-23(20-25(31-24)32(14-29-20)19-12-18(27)21(33)22(19)34)28-13-17(15-8-4-2-5-9-15)16-10-6-3-7-11-16;/h2-11,14,17-19,21-22,33-34H,12-13,27H2,1H3,(H,28,30,31);1H/t18-,19+,21+,22-;/m0./s1. The van der Waals surface area contributed by atoms with Crippen LogP contribution >= 0.6 is 12.4 Å². The Morgan fingerprint density at radius 1 is 1.08 bits per heavy atom. The number of hydrogen-bond donors (Lipinski definition) is 4. The number of nitrogens with two attached hydrogens (primary N) is 1. The number of imidazole rings is 1. The highest BCUT2D eigenvalue weighted by Gasteiger charge is 2.41. The van der Waals surface area contributed by atoms with Crippen molar-refractivity contribution in [2.24, 2.45) is 5.73 Å². The number of benzene rings is 2. The van der Waals surface area contributed by atoms with Crippen LogP contribution in [0.5, 0.6) is 0 Å². The van der Waals surface area contributed by atoms with Crippen LogP contribution in [0.3, 0.4) is 0 Å². The number of aromatic nitrogens is 4. The monoisotopic (exact) mass is 524 g/mol. The van der Waals surface area contributed by atoms with Gasteiger partial charge in [0.15, 0.2) is 11.5 Å². The molecule has 2 aromatic heterocycles. The van der Waals surface area contributed by atoms with Crippen LogP contribution in [0.2, 0.25) is 0 Å². The van der Waals surface area contributed by atoms with Gasteiger partial charge in [0.25, 0.3) is 0 Å². The molecule has 2 heterocycles. The lowest BCUT2D eigenvalue weighted by Gasteiger charge is -2.20. The second-order valence-corrected chi connectivity index (χ2v) is 8.91. The number of aliphatic hydroxyl groups excluding tert-OH is 2. The average Bonchev–Trinajstić information content (AvgIpc) is 3.45. The number of aliphatic hydroxyl groups is 2. The number of fused-ring (bicyclic) bond motifs is 1. The highest BCUT2D eigenvalue weighted by molar-refractivity contribution is 5.91. The van der Waals surface area contributed by atoms with E-state index in [4.69, 9.17) is 10.5 Å². The van der Waals surface area contributed by atoms with E-state index in [0.29, 0.717) is 29.9 Å². The fraction of sp³-hybridized carbons (Fsp3) is 0.308. The van der Waals surface area contributed by atoms with Gasteiger partial charge in [0.1, 0.15) is 11.6 Å². The van der Waals surface area contributed by atoms with Crippen LogP contribution in [-0.4, -0.2) is 67.6 Å². The molecular formula is C26H29ClN6O4. The minimum absolute atomic E-state index is 0. The summed E-state index contributed by atoms with van der Waals surface area (Å²) in [4.78, 5) is 25.7. The van der Waals surface area contributed by atoms with Crippen LogP contribution in [0.25, 0.3) is 11.2 Å². The van der Waals surface area contributed by atoms with Gasteiger partial charge in [-0.3, -0.25) is 0 Å². The zero-order valence-electron chi connectivity index (χ0n) is 20.1. The van der Waals surface area contributed by atoms with Crippen LogP contribution in [0.15, 0.2) is 67.0 Å². The maximum atomic E-state index is 12.4. The molecular weight excluding hydrogens is 496 g/mol. The van der Waals surface area contributed by atoms with Crippen LogP contribution in [0.1, 0.15) is 40.1 Å². The molecule has 0 spiro atoms. The average molecular weight is 525 g/mol. The number of esters is 1. The number of nitrogens with zero attached hydrogens (tertiary/aromatic N) is 4. The van der Waals surface area contributed by atoms with Crippen molar-refractivity contribution in [2.75, 3.05) is 19.0 Å². The van der Waals surface area contributed by atoms with E-state index in [-0.39, 0.29) is 24.1 Å². The quantitative estimate of drug-likeness (QED) is 0.267. The summed E-state index contributed by atoms with van der Waals surface area (Å²) in [6.45, 7) is 0.475. The van der Waals surface area contributed by atoms with E-state index >= 15 is 0 Å². The number of rotatable bonds is 7. The number of nitrogens with one attached hydrogen (secondary N) is 1. The van der Waals surface area contributed by atoms with Crippen LogP contribution in [0, 0.1) is 0 Å². The van der Waals surface area contributed by atoms with Gasteiger partial charge in [0.2, 0.25) is 5.82 Å². The molecule has 5 rings (SSSR count). The minimum atomic E-state index is -1.09. The number of halogens is 1. The van der Waals surface area contributed by atoms with Gasteiger partial charge in [-0.1, -0.05) is 60.7 Å². The predicted octanol–water partition coefficient (Wildman–Crippen LogP) is 2.27. The Morgan fingerprint density at radius 2 is 1.70 bits per heavy atom. The summed E-state index contributed by atoms with van der Waals surface area (Å²) in [6, 6.07) is 19.1. The molecule has 0 bridgehead atoms. The van der Waals surface area contributed by atoms with Crippen molar-refractivity contribution >= 4 is 35.4 Å². The smallest absolute Gasteiger partial charge is 0.376 e. The first-order valence-corrected chi connectivity index (χ1v) is 11.8. The highest BCUT2D eigenvalue weighted by Crippen LogP contribution is 2.33. The fourth-order valence-electron chi connectivity index (χ4n) is 4.78. The Labute approximate surface area is 219 Å². The maximum Gasteiger partial charge on any atom is 0.376 e. The van der Waals surface area contributed by atoms with E-state index in [9.17, 15) is 15.0 Å². The second-order valence-electron chi connectivity index (χ2n) is 8.91. The summed E-state index contributed by atoms with van der Waals surface area (Å²) in [7, 11) is 1.26. The van der Waals surface area contributed by atoms with Crippen molar-refractivity contribution in [1.29, 1.82) is 0 Å². The van der Waals surface area contributed by atoms with Gasteiger partial charge >= 0.3 is 5.97 Å². The Hall–Kier alpha value is -3.57. The first kappa shape index (κ1) is 26.5. The van der Waals surface area contributed by atoms with E-state index < -0.39 is 30.3 Å². The maximum absolute atomic E-state index is 12.4. The third-order valence-electron chi connectivity index (χ3n) is 6.72. The lowest BCUT2D eigenvalue weighted by molar-refractivity contribution is 0.0187. The van der Waals surface area contributed by atoms with Crippen molar-refractivity contribution in [2.45, 2.75) is 36.6 Å². The molecule has 1 aliphatic rings. The van der Waals surface area contributed by atoms with Crippen molar-refractivity contribution in [1.82, 2.24) is 19.5 Å². The summed E-state index contributed by atoms with van der Waals surface area (Å²) < 4.78 is 6.51. The summed E-state index contributed by atoms with van der Waals surface area (Å²) in [5.74, 6) is -0.458. The van der Waals surface area contributed by atoms with Crippen LogP contribution < -0.4 is 11.1 Å². The molecule has 4 atom stereocenters. The Balaban J connectivity index is 0.00000320. The summed E-state index contributed by atoms with van der Waals surface area (Å²) in [5, 5.41) is 24.1. The molecule has 1 fully saturated rings. The molecule has 0 saturated heterocycles. The molecule has 4 aromatic rings. The van der Waals surface area contributed by atoms with Crippen molar-refractivity contribution < 1.29 is 19.7 Å². The summed E-state index contributed by atoms with van der Waals surface area (Å²) in [5.41, 5.74) is 8.99. The number of carbonyl (C=O) groups is 1. The number of ether oxygens (including phenoxy) is 1. The molecule has 10 nitrogen and oxygen atoms in total. The Bertz CT molecular complexity index is 1310. The summed E-state index contributed by atoms with van der Waals surface area (Å²) in [6.07, 6.45) is -0.302. The largest absolute Gasteiger partial charge is 0.463 e. The van der Waals surface area contributed by atoms with Crippen LogP contribution in [-0.2, 0) is 4.74 Å². The molecule has 11 heteroatoms. The zero-order valence-corrected chi connectivity index (χ0v) is 21.0. The number of carbonyl (C=O) groups excluding carboxylic acids is 1. The lowest BCUT2D eigenvalue weighted by atomic mass is 9.91. The van der Waals surface area contributed by atoms with Crippen molar-refractivity contribution in [3.8, 4) is 0 Å². The molecule has 37 heavy (non-hydrogen) atoms. The van der Waals surface area contributed by atoms with Gasteiger partial charge in [-0.15, -0.1) is 12.4 Å². The second kappa shape index (κ2) is 11.2. The van der Waals surface area contributed by atoms with Crippen molar-refractivity contribution in [3.05, 3.63) is 83.9 Å². The van der Waals surface area contributed by atoms with Gasteiger partial charge in [0, 0.05) is 18.5 Å². The van der Waals surface area contributed by atoms with Gasteiger partial charge in [0.05, 0.1) is 25.6 Å². The lowest BCUT2D eigenvalue weighted by Crippen LogP contribution is -2.35. The molecule has 2 aromatic carbocycles. The third-order valence-corrected chi connectivity index (χ3v) is 6.72. The first-order chi connectivity index (χ1) is 17.5. The summed E-state index contributed by atoms with van der Waals surface area (Å²) >= 11 is 0. The molecule has 1 saturated carbocycles. The van der Waals surface area contributed by atoms with E-state index in [0.717, 1.165) is 11.1 Å². The molecule has 0 aliphatic heterocycles. The Kier molecular flexibility index (Phi) is 8.03. The predicted molar refractivity (Wildman–Crippen MR) is 141 cm³/mol. The van der Waals surface area contributed by atoms with Crippen LogP contribution in [0.4, 0.5) is 5.82 Å². The van der Waals surface area contributed by atoms with E-state index in [1.54, 1.807) is 4.57 Å². The zero-order chi connectivity index (χ0) is 25.2. The molecule has 5 N–H and O–H groups in total. The molecule has 0 amide bonds. The first-order valence-electron chi connectivity index (χ1n) is 11.8. The SMILES string of the molecule is COC(=O)c1nc(NCC(c2ccccc2)c2ccccc2)c2ncn([C@@H]3C[C@H](N)[C@@H](O)[C@H]3O)c2n1.Cl. The normalized spacial score (nSPS) is 21.1. The number of anilines is 1. The fourth-order valence-corrected chi connectivity index (χ4v) is 4.78. The Morgan fingerprint density at radius 3 is 2.24 bits per heavy atom. The van der Waals surface area contributed by atoms with E-state index in [1.807, 2.05) is 36.4 Å². The molecule has 1 aliphatic carbocycles. The van der Waals surface area contributed by atoms with Gasteiger partial charge in [-0.2, -0.15) is 0 Å². The molecule has 194 valence electrons.